The summed E-state index contributed by atoms with van der Waals surface area (Å²) in [5.41, 5.74) is 1.22. The number of hydrogen-bond donors (Lipinski definition) is 2. The zero-order valence-corrected chi connectivity index (χ0v) is 11.2. The van der Waals surface area contributed by atoms with E-state index in [0.717, 1.165) is 5.56 Å². The van der Waals surface area contributed by atoms with Crippen molar-refractivity contribution in [1.82, 2.24) is 4.90 Å². The van der Waals surface area contributed by atoms with Gasteiger partial charge in [0.15, 0.2) is 0 Å². The second-order valence-electron chi connectivity index (χ2n) is 4.67. The molecule has 0 aromatic heterocycles. The Morgan fingerprint density at radius 3 is 2.56 bits per heavy atom. The highest BCUT2D eigenvalue weighted by Crippen LogP contribution is 2.19. The van der Waals surface area contributed by atoms with Gasteiger partial charge in [-0.3, -0.25) is 4.79 Å². The van der Waals surface area contributed by atoms with E-state index in [1.54, 1.807) is 24.0 Å². The number of phenolic OH excluding ortho intramolecular Hbond substituents is 1. The third-order valence-electron chi connectivity index (χ3n) is 2.90. The van der Waals surface area contributed by atoms with Crippen LogP contribution in [0.5, 0.6) is 5.75 Å². The quantitative estimate of drug-likeness (QED) is 0.840. The third-order valence-corrected chi connectivity index (χ3v) is 2.90. The van der Waals surface area contributed by atoms with Gasteiger partial charge in [-0.05, 0) is 44.9 Å². The maximum atomic E-state index is 12.3. The molecule has 0 unspecified atom stereocenters. The van der Waals surface area contributed by atoms with Crippen molar-refractivity contribution in [2.75, 3.05) is 13.2 Å². The van der Waals surface area contributed by atoms with Crippen molar-refractivity contribution in [2.45, 2.75) is 33.2 Å². The third kappa shape index (κ3) is 3.47. The minimum Gasteiger partial charge on any atom is -0.508 e. The van der Waals surface area contributed by atoms with Crippen LogP contribution in [0.2, 0.25) is 0 Å². The van der Waals surface area contributed by atoms with Crippen LogP contribution in [0.1, 0.15) is 36.2 Å². The van der Waals surface area contributed by atoms with E-state index >= 15 is 0 Å². The summed E-state index contributed by atoms with van der Waals surface area (Å²) in [5.74, 6) is 0.0143. The first-order valence-electron chi connectivity index (χ1n) is 6.18. The van der Waals surface area contributed by atoms with E-state index in [2.05, 4.69) is 0 Å². The van der Waals surface area contributed by atoms with Crippen molar-refractivity contribution >= 4 is 5.91 Å². The van der Waals surface area contributed by atoms with E-state index in [0.29, 0.717) is 18.5 Å². The molecular formula is C14H21NO3. The van der Waals surface area contributed by atoms with Crippen LogP contribution in [0.4, 0.5) is 0 Å². The van der Waals surface area contributed by atoms with E-state index in [9.17, 15) is 9.90 Å². The minimum atomic E-state index is -0.117. The van der Waals surface area contributed by atoms with Gasteiger partial charge in [0.25, 0.3) is 5.91 Å². The number of aromatic hydroxyl groups is 1. The van der Waals surface area contributed by atoms with Gasteiger partial charge in [-0.2, -0.15) is 0 Å². The molecule has 2 N–H and O–H groups in total. The molecule has 0 aliphatic carbocycles. The molecule has 0 heterocycles. The topological polar surface area (TPSA) is 60.8 Å². The fourth-order valence-corrected chi connectivity index (χ4v) is 1.74. The highest BCUT2D eigenvalue weighted by Gasteiger charge is 2.18. The predicted molar refractivity (Wildman–Crippen MR) is 70.7 cm³/mol. The maximum absolute atomic E-state index is 12.3. The molecule has 0 fully saturated rings. The summed E-state index contributed by atoms with van der Waals surface area (Å²) in [4.78, 5) is 14.0. The molecule has 18 heavy (non-hydrogen) atoms. The molecule has 0 saturated carbocycles. The van der Waals surface area contributed by atoms with Gasteiger partial charge >= 0.3 is 0 Å². The van der Waals surface area contributed by atoms with Crippen molar-refractivity contribution in [2.24, 2.45) is 0 Å². The zero-order chi connectivity index (χ0) is 13.7. The summed E-state index contributed by atoms with van der Waals surface area (Å²) in [6.45, 7) is 6.24. The highest BCUT2D eigenvalue weighted by molar-refractivity contribution is 5.94. The maximum Gasteiger partial charge on any atom is 0.254 e. The Morgan fingerprint density at radius 2 is 2.06 bits per heavy atom. The molecule has 0 atom stereocenters. The molecular weight excluding hydrogens is 230 g/mol. The van der Waals surface area contributed by atoms with Crippen molar-refractivity contribution in [1.29, 1.82) is 0 Å². The lowest BCUT2D eigenvalue weighted by Crippen LogP contribution is -2.38. The van der Waals surface area contributed by atoms with E-state index in [4.69, 9.17) is 5.11 Å². The fraction of sp³-hybridized carbons (Fsp3) is 0.500. The second kappa shape index (κ2) is 6.40. The first kappa shape index (κ1) is 14.5. The van der Waals surface area contributed by atoms with E-state index in [1.807, 2.05) is 13.8 Å². The smallest absolute Gasteiger partial charge is 0.254 e. The van der Waals surface area contributed by atoms with Crippen LogP contribution < -0.4 is 0 Å². The number of hydrogen-bond acceptors (Lipinski definition) is 3. The number of nitrogens with zero attached hydrogens (tertiary/aromatic N) is 1. The normalized spacial score (nSPS) is 10.7. The fourth-order valence-electron chi connectivity index (χ4n) is 1.74. The van der Waals surface area contributed by atoms with Gasteiger partial charge in [-0.25, -0.2) is 0 Å². The Morgan fingerprint density at radius 1 is 1.39 bits per heavy atom. The Bertz CT molecular complexity index is 416. The number of amides is 1. The molecule has 100 valence electrons. The van der Waals surface area contributed by atoms with Crippen LogP contribution in [-0.4, -0.2) is 40.2 Å². The van der Waals surface area contributed by atoms with Gasteiger partial charge in [0.05, 0.1) is 0 Å². The predicted octanol–water partition coefficient (Wildman–Crippen LogP) is 1.93. The Hall–Kier alpha value is -1.55. The van der Waals surface area contributed by atoms with Crippen molar-refractivity contribution < 1.29 is 15.0 Å². The molecule has 1 rings (SSSR count). The van der Waals surface area contributed by atoms with Crippen LogP contribution in [0.15, 0.2) is 18.2 Å². The van der Waals surface area contributed by atoms with Gasteiger partial charge in [0.1, 0.15) is 5.75 Å². The van der Waals surface area contributed by atoms with Gasteiger partial charge < -0.3 is 15.1 Å². The molecule has 0 aliphatic heterocycles. The van der Waals surface area contributed by atoms with Crippen LogP contribution in [0.25, 0.3) is 0 Å². The molecule has 0 aliphatic rings. The summed E-state index contributed by atoms with van der Waals surface area (Å²) in [6.07, 6.45) is 0.557. The summed E-state index contributed by atoms with van der Waals surface area (Å²) >= 11 is 0. The van der Waals surface area contributed by atoms with Crippen molar-refractivity contribution in [3.8, 4) is 5.75 Å². The number of carbonyl (C=O) groups is 1. The minimum absolute atomic E-state index is 0.0625. The van der Waals surface area contributed by atoms with Gasteiger partial charge in [-0.15, -0.1) is 0 Å². The summed E-state index contributed by atoms with van der Waals surface area (Å²) in [7, 11) is 0. The number of aliphatic hydroxyl groups is 1. The standard InChI is InChI=1S/C14H21NO3/c1-10(2)15(7-4-8-16)14(18)12-6-5-11(3)13(17)9-12/h5-6,9-10,16-17H,4,7-8H2,1-3H3. The summed E-state index contributed by atoms with van der Waals surface area (Å²) in [5, 5.41) is 18.5. The molecule has 0 saturated heterocycles. The lowest BCUT2D eigenvalue weighted by atomic mass is 10.1. The molecule has 4 nitrogen and oxygen atoms in total. The summed E-state index contributed by atoms with van der Waals surface area (Å²) in [6, 6.07) is 5.00. The Kier molecular flexibility index (Phi) is 5.16. The average Bonchev–Trinajstić information content (AvgIpc) is 2.32. The van der Waals surface area contributed by atoms with Crippen LogP contribution in [0.3, 0.4) is 0 Å². The van der Waals surface area contributed by atoms with E-state index in [1.165, 1.54) is 6.07 Å². The molecule has 1 amide bonds. The van der Waals surface area contributed by atoms with Gasteiger partial charge in [0, 0.05) is 24.8 Å². The Labute approximate surface area is 108 Å². The monoisotopic (exact) mass is 251 g/mol. The van der Waals surface area contributed by atoms with Crippen LogP contribution in [0, 0.1) is 6.92 Å². The number of aryl methyl sites for hydroxylation is 1. The number of carbonyl (C=O) groups excluding carboxylic acids is 1. The molecule has 1 aromatic rings. The highest BCUT2D eigenvalue weighted by atomic mass is 16.3. The summed E-state index contributed by atoms with van der Waals surface area (Å²) < 4.78 is 0. The van der Waals surface area contributed by atoms with E-state index in [-0.39, 0.29) is 24.3 Å². The molecule has 4 heteroatoms. The second-order valence-corrected chi connectivity index (χ2v) is 4.67. The average molecular weight is 251 g/mol. The largest absolute Gasteiger partial charge is 0.508 e. The molecule has 0 spiro atoms. The SMILES string of the molecule is Cc1ccc(C(=O)N(CCCO)C(C)C)cc1O. The van der Waals surface area contributed by atoms with Crippen LogP contribution >= 0.6 is 0 Å². The van der Waals surface area contributed by atoms with E-state index < -0.39 is 0 Å². The number of benzene rings is 1. The lowest BCUT2D eigenvalue weighted by Gasteiger charge is -2.26. The number of aliphatic hydroxyl groups excluding tert-OH is 1. The lowest BCUT2D eigenvalue weighted by molar-refractivity contribution is 0.0692. The van der Waals surface area contributed by atoms with Crippen molar-refractivity contribution in [3.63, 3.8) is 0 Å². The number of rotatable bonds is 5. The molecule has 0 radical (unpaired) electrons. The zero-order valence-electron chi connectivity index (χ0n) is 11.2. The first-order chi connectivity index (χ1) is 8.47. The number of phenols is 1. The Balaban J connectivity index is 2.91. The molecule has 0 bridgehead atoms. The van der Waals surface area contributed by atoms with Gasteiger partial charge in [-0.1, -0.05) is 6.07 Å². The van der Waals surface area contributed by atoms with Crippen LogP contribution in [-0.2, 0) is 0 Å². The first-order valence-corrected chi connectivity index (χ1v) is 6.18. The molecule has 1 aromatic carbocycles. The van der Waals surface area contributed by atoms with Gasteiger partial charge in [0.2, 0.25) is 0 Å². The van der Waals surface area contributed by atoms with Crippen molar-refractivity contribution in [3.05, 3.63) is 29.3 Å².